The van der Waals surface area contributed by atoms with Crippen LogP contribution in [0.3, 0.4) is 0 Å². The summed E-state index contributed by atoms with van der Waals surface area (Å²) in [6.45, 7) is 13.3. The van der Waals surface area contributed by atoms with Crippen LogP contribution in [0.4, 0.5) is 0 Å². The molecule has 5 heterocycles. The lowest BCUT2D eigenvalue weighted by Crippen LogP contribution is -2.43. The molecule has 3 saturated heterocycles. The smallest absolute Gasteiger partial charge is 0.341 e. The number of oxazole rings is 1. The molecule has 1 unspecified atom stereocenters. The molecule has 1 N–H and O–H groups in total. The number of fused-ring (bicyclic) bond motifs is 4. The molecule has 4 aliphatic rings. The summed E-state index contributed by atoms with van der Waals surface area (Å²) in [5.74, 6) is -0.383. The Balaban J connectivity index is 1.35. The third-order valence-corrected chi connectivity index (χ3v) is 10.1. The molecule has 0 spiro atoms. The number of hydrogen-bond acceptors (Lipinski definition) is 10. The fourth-order valence-electron chi connectivity index (χ4n) is 6.83. The number of aliphatic hydroxyl groups is 1. The Morgan fingerprint density at radius 2 is 1.89 bits per heavy atom. The number of carbonyl (C=O) groups excluding carboxylic acids is 2. The first-order chi connectivity index (χ1) is 21.7. The molecule has 0 aliphatic carbocycles. The van der Waals surface area contributed by atoms with E-state index in [1.165, 1.54) is 0 Å². The van der Waals surface area contributed by atoms with Crippen LogP contribution in [0, 0.1) is 24.7 Å². The zero-order chi connectivity index (χ0) is 33.4. The van der Waals surface area contributed by atoms with Crippen molar-refractivity contribution in [2.75, 3.05) is 7.11 Å². The minimum absolute atomic E-state index is 0.0217. The largest absolute Gasteiger partial charge is 0.462 e. The molecule has 10 nitrogen and oxygen atoms in total. The predicted octanol–water partition coefficient (Wildman–Crippen LogP) is 5.44. The normalized spacial score (nSPS) is 38.4. The van der Waals surface area contributed by atoms with Crippen molar-refractivity contribution in [3.63, 3.8) is 0 Å². The number of nitrogens with zero attached hydrogens (tertiary/aromatic N) is 1. The zero-order valence-electron chi connectivity index (χ0n) is 28.2. The second-order valence-corrected chi connectivity index (χ2v) is 13.9. The van der Waals surface area contributed by atoms with Gasteiger partial charge in [0.25, 0.3) is 0 Å². The average molecular weight is 640 g/mol. The van der Waals surface area contributed by atoms with Gasteiger partial charge in [-0.15, -0.1) is 0 Å². The van der Waals surface area contributed by atoms with E-state index in [1.54, 1.807) is 27.2 Å². The highest BCUT2D eigenvalue weighted by Gasteiger charge is 2.62. The summed E-state index contributed by atoms with van der Waals surface area (Å²) < 4.78 is 35.1. The highest BCUT2D eigenvalue weighted by Crippen LogP contribution is 2.46. The first-order valence-electron chi connectivity index (χ1n) is 16.3. The standard InChI is InChI=1S/C36H49NO9/c1-20(14-26-19-42-24(5)37-26)10-9-11-22(3)33(41-8)23(4)28-18-29(38)35(6)30(45-35)13-12-21(2)27-15-25(17-32(39)43-27)16-31-36(7,46-31)34(40)44-28/h9-14,19,21,23,25,27-31,33,38H,15-18H2,1-8H3/t21-,23+,25+,27-,28+,29+,30-,31-,33+,35+,36?/m1/s1. The van der Waals surface area contributed by atoms with Crippen LogP contribution < -0.4 is 0 Å². The monoisotopic (exact) mass is 639 g/mol. The molecule has 46 heavy (non-hydrogen) atoms. The van der Waals surface area contributed by atoms with E-state index in [-0.39, 0.29) is 48.5 Å². The number of aromatic nitrogens is 1. The first-order valence-corrected chi connectivity index (χ1v) is 16.3. The van der Waals surface area contributed by atoms with Crippen LogP contribution in [-0.2, 0) is 33.3 Å². The van der Waals surface area contributed by atoms with Crippen LogP contribution >= 0.6 is 0 Å². The van der Waals surface area contributed by atoms with Crippen LogP contribution in [0.1, 0.15) is 78.8 Å². The number of methoxy groups -OCH3 is 1. The summed E-state index contributed by atoms with van der Waals surface area (Å²) in [5, 5.41) is 11.5. The molecule has 3 fully saturated rings. The maximum absolute atomic E-state index is 13.7. The Hall–Kier alpha value is -3.05. The minimum Gasteiger partial charge on any atom is -0.462 e. The van der Waals surface area contributed by atoms with Gasteiger partial charge in [0.05, 0.1) is 18.3 Å². The summed E-state index contributed by atoms with van der Waals surface area (Å²) in [6, 6.07) is 0. The van der Waals surface area contributed by atoms with Crippen molar-refractivity contribution >= 4 is 18.0 Å². The molecule has 252 valence electrons. The van der Waals surface area contributed by atoms with Gasteiger partial charge >= 0.3 is 11.9 Å². The molecule has 1 aromatic heterocycles. The van der Waals surface area contributed by atoms with E-state index in [1.807, 2.05) is 71.1 Å². The van der Waals surface area contributed by atoms with Crippen molar-refractivity contribution in [3.05, 3.63) is 59.4 Å². The van der Waals surface area contributed by atoms with E-state index >= 15 is 0 Å². The van der Waals surface area contributed by atoms with E-state index in [0.29, 0.717) is 25.2 Å². The van der Waals surface area contributed by atoms with Gasteiger partial charge in [0.1, 0.15) is 35.9 Å². The molecular weight excluding hydrogens is 590 g/mol. The quantitative estimate of drug-likeness (QED) is 0.178. The summed E-state index contributed by atoms with van der Waals surface area (Å²) in [4.78, 5) is 30.5. The zero-order valence-corrected chi connectivity index (χ0v) is 28.2. The van der Waals surface area contributed by atoms with Crippen molar-refractivity contribution in [1.82, 2.24) is 4.98 Å². The Morgan fingerprint density at radius 1 is 1.13 bits per heavy atom. The number of aryl methyl sites for hydroxylation is 1. The third kappa shape index (κ3) is 7.56. The van der Waals surface area contributed by atoms with Crippen LogP contribution in [0.2, 0.25) is 0 Å². The maximum Gasteiger partial charge on any atom is 0.341 e. The molecule has 4 aliphatic heterocycles. The molecule has 0 radical (unpaired) electrons. The van der Waals surface area contributed by atoms with Gasteiger partial charge in [-0.05, 0) is 63.7 Å². The Kier molecular flexibility index (Phi) is 10.1. The Labute approximate surface area is 271 Å². The second-order valence-electron chi connectivity index (χ2n) is 13.9. The van der Waals surface area contributed by atoms with E-state index in [2.05, 4.69) is 4.98 Å². The number of carbonyl (C=O) groups is 2. The predicted molar refractivity (Wildman–Crippen MR) is 170 cm³/mol. The molecule has 1 aromatic rings. The molecule has 0 amide bonds. The molecule has 2 bridgehead atoms. The third-order valence-electron chi connectivity index (χ3n) is 10.1. The number of esters is 2. The van der Waals surface area contributed by atoms with Crippen molar-refractivity contribution in [3.8, 4) is 0 Å². The molecule has 10 heteroatoms. The van der Waals surface area contributed by atoms with Gasteiger partial charge in [0.2, 0.25) is 0 Å². The fourth-order valence-corrected chi connectivity index (χ4v) is 6.83. The number of ether oxygens (including phenoxy) is 5. The first kappa shape index (κ1) is 34.3. The lowest BCUT2D eigenvalue weighted by atomic mass is 9.83. The van der Waals surface area contributed by atoms with Gasteiger partial charge < -0.3 is 33.2 Å². The van der Waals surface area contributed by atoms with Gasteiger partial charge in [-0.25, -0.2) is 9.78 Å². The van der Waals surface area contributed by atoms with Crippen LogP contribution in [0.15, 0.2) is 52.2 Å². The summed E-state index contributed by atoms with van der Waals surface area (Å²) in [5.41, 5.74) is 0.730. The lowest BCUT2D eigenvalue weighted by Gasteiger charge is -2.33. The maximum atomic E-state index is 13.7. The highest BCUT2D eigenvalue weighted by atomic mass is 16.7. The molecule has 0 aromatic carbocycles. The van der Waals surface area contributed by atoms with Gasteiger partial charge in [0.15, 0.2) is 11.5 Å². The van der Waals surface area contributed by atoms with Gasteiger partial charge in [-0.1, -0.05) is 44.2 Å². The van der Waals surface area contributed by atoms with Crippen LogP contribution in [0.25, 0.3) is 6.08 Å². The Bertz CT molecular complexity index is 1410. The van der Waals surface area contributed by atoms with Crippen molar-refractivity contribution < 1.29 is 42.8 Å². The van der Waals surface area contributed by atoms with Gasteiger partial charge in [-0.3, -0.25) is 4.79 Å². The summed E-state index contributed by atoms with van der Waals surface area (Å²) >= 11 is 0. The Morgan fingerprint density at radius 3 is 2.59 bits per heavy atom. The van der Waals surface area contributed by atoms with Crippen molar-refractivity contribution in [1.29, 1.82) is 0 Å². The second kappa shape index (κ2) is 13.6. The molecular formula is C36H49NO9. The molecule has 0 saturated carbocycles. The van der Waals surface area contributed by atoms with E-state index < -0.39 is 35.5 Å². The van der Waals surface area contributed by atoms with Gasteiger partial charge in [0, 0.05) is 38.7 Å². The average Bonchev–Trinajstić information content (AvgIpc) is 3.81. The van der Waals surface area contributed by atoms with E-state index in [0.717, 1.165) is 16.8 Å². The summed E-state index contributed by atoms with van der Waals surface area (Å²) in [7, 11) is 1.63. The molecule has 5 rings (SSSR count). The number of allylic oxidation sites excluding steroid dienone is 4. The topological polar surface area (TPSA) is 133 Å². The van der Waals surface area contributed by atoms with Gasteiger partial charge in [-0.2, -0.15) is 0 Å². The number of rotatable bonds is 7. The number of aliphatic hydroxyl groups excluding tert-OH is 1. The van der Waals surface area contributed by atoms with Crippen molar-refractivity contribution in [2.24, 2.45) is 17.8 Å². The van der Waals surface area contributed by atoms with E-state index in [4.69, 9.17) is 28.1 Å². The summed E-state index contributed by atoms with van der Waals surface area (Å²) in [6.07, 6.45) is 12.2. The highest BCUT2D eigenvalue weighted by molar-refractivity contribution is 5.83. The minimum atomic E-state index is -1.12. The van der Waals surface area contributed by atoms with Crippen LogP contribution in [0.5, 0.6) is 0 Å². The van der Waals surface area contributed by atoms with E-state index in [9.17, 15) is 14.7 Å². The van der Waals surface area contributed by atoms with Crippen molar-refractivity contribution in [2.45, 2.75) is 122 Å². The molecule has 11 atom stereocenters. The SMILES string of the molecule is CO[C@@H](C(C)=CC=CC(C)=Cc1coc(C)n1)[C@@H](C)[C@@H]1C[C@H](O)[C@]2(C)O[C@@H]2C=C[C@@H](C)[C@H]2C[C@H](CC(=O)O2)C[C@H]2OC2(C)C(=O)O1. The fraction of sp³-hybridized carbons (Fsp3) is 0.639. The lowest BCUT2D eigenvalue weighted by molar-refractivity contribution is -0.162. The number of epoxide rings is 2. The number of cyclic esters (lactones) is 1. The van der Waals surface area contributed by atoms with Crippen LogP contribution in [-0.4, -0.2) is 77.0 Å². The number of hydrogen-bond donors (Lipinski definition) is 1.